The Labute approximate surface area is 121 Å². The molecule has 2 heterocycles. The summed E-state index contributed by atoms with van der Waals surface area (Å²) in [6, 6.07) is 8.10. The van der Waals surface area contributed by atoms with Crippen LogP contribution in [0.15, 0.2) is 55.4 Å². The second kappa shape index (κ2) is 5.70. The van der Waals surface area contributed by atoms with Crippen LogP contribution in [0.25, 0.3) is 5.69 Å². The van der Waals surface area contributed by atoms with E-state index in [9.17, 15) is 4.39 Å². The van der Waals surface area contributed by atoms with Gasteiger partial charge in [-0.15, -0.1) is 0 Å². The third kappa shape index (κ3) is 3.05. The van der Waals surface area contributed by atoms with Gasteiger partial charge < -0.3 is 9.88 Å². The Morgan fingerprint density at radius 3 is 2.48 bits per heavy atom. The summed E-state index contributed by atoms with van der Waals surface area (Å²) in [5, 5.41) is 3.13. The Morgan fingerprint density at radius 1 is 1.14 bits per heavy atom. The average Bonchev–Trinajstić information content (AvgIpc) is 3.04. The highest BCUT2D eigenvalue weighted by molar-refractivity contribution is 5.38. The molecule has 2 aromatic heterocycles. The molecule has 0 saturated heterocycles. The second-order valence-electron chi connectivity index (χ2n) is 4.65. The zero-order valence-electron chi connectivity index (χ0n) is 11.4. The molecule has 1 N–H and O–H groups in total. The highest BCUT2D eigenvalue weighted by Gasteiger charge is 2.07. The standard InChI is InChI=1S/C15H14FN5/c1-11(20-15-18-8-13(16)9-19-15)12-2-4-14(5-3-12)21-7-6-17-10-21/h2-11H,1H3,(H,18,19,20). The molecule has 1 atom stereocenters. The van der Waals surface area contributed by atoms with Crippen LogP contribution >= 0.6 is 0 Å². The Morgan fingerprint density at radius 2 is 1.86 bits per heavy atom. The van der Waals surface area contributed by atoms with E-state index in [1.165, 1.54) is 0 Å². The van der Waals surface area contributed by atoms with E-state index in [4.69, 9.17) is 0 Å². The molecule has 0 spiro atoms. The summed E-state index contributed by atoms with van der Waals surface area (Å²) in [6.07, 6.45) is 7.67. The van der Waals surface area contributed by atoms with Crippen molar-refractivity contribution in [2.24, 2.45) is 0 Å². The number of benzene rings is 1. The zero-order valence-corrected chi connectivity index (χ0v) is 11.4. The van der Waals surface area contributed by atoms with Crippen LogP contribution in [-0.4, -0.2) is 19.5 Å². The van der Waals surface area contributed by atoms with Crippen LogP contribution in [-0.2, 0) is 0 Å². The van der Waals surface area contributed by atoms with Gasteiger partial charge >= 0.3 is 0 Å². The number of anilines is 1. The largest absolute Gasteiger partial charge is 0.348 e. The van der Waals surface area contributed by atoms with E-state index in [0.717, 1.165) is 23.6 Å². The van der Waals surface area contributed by atoms with Crippen molar-refractivity contribution in [3.63, 3.8) is 0 Å². The van der Waals surface area contributed by atoms with Crippen LogP contribution < -0.4 is 5.32 Å². The van der Waals surface area contributed by atoms with Gasteiger partial charge in [-0.1, -0.05) is 12.1 Å². The van der Waals surface area contributed by atoms with Gasteiger partial charge in [-0.3, -0.25) is 0 Å². The molecule has 0 radical (unpaired) electrons. The van der Waals surface area contributed by atoms with Crippen molar-refractivity contribution in [1.29, 1.82) is 0 Å². The molecule has 0 bridgehead atoms. The van der Waals surface area contributed by atoms with Gasteiger partial charge in [0.1, 0.15) is 0 Å². The average molecular weight is 283 g/mol. The van der Waals surface area contributed by atoms with Crippen molar-refractivity contribution in [1.82, 2.24) is 19.5 Å². The fourth-order valence-electron chi connectivity index (χ4n) is 2.01. The molecular weight excluding hydrogens is 269 g/mol. The summed E-state index contributed by atoms with van der Waals surface area (Å²) in [5.74, 6) is -0.0412. The Kier molecular flexibility index (Phi) is 3.59. The molecule has 1 aromatic carbocycles. The summed E-state index contributed by atoms with van der Waals surface area (Å²) in [7, 11) is 0. The molecule has 5 nitrogen and oxygen atoms in total. The number of nitrogens with one attached hydrogen (secondary N) is 1. The predicted molar refractivity (Wildman–Crippen MR) is 77.6 cm³/mol. The minimum Gasteiger partial charge on any atom is -0.348 e. The first-order valence-electron chi connectivity index (χ1n) is 6.55. The lowest BCUT2D eigenvalue weighted by Gasteiger charge is -2.14. The summed E-state index contributed by atoms with van der Waals surface area (Å²) < 4.78 is 14.7. The molecule has 0 fully saturated rings. The number of hydrogen-bond acceptors (Lipinski definition) is 4. The lowest BCUT2D eigenvalue weighted by molar-refractivity contribution is 0.613. The molecule has 21 heavy (non-hydrogen) atoms. The van der Waals surface area contributed by atoms with Gasteiger partial charge in [-0.05, 0) is 24.6 Å². The maximum absolute atomic E-state index is 12.8. The molecule has 0 aliphatic heterocycles. The molecule has 0 aliphatic carbocycles. The van der Waals surface area contributed by atoms with E-state index >= 15 is 0 Å². The fraction of sp³-hybridized carbons (Fsp3) is 0.133. The minimum atomic E-state index is -0.446. The number of nitrogens with zero attached hydrogens (tertiary/aromatic N) is 4. The van der Waals surface area contributed by atoms with E-state index in [1.54, 1.807) is 12.5 Å². The van der Waals surface area contributed by atoms with Gasteiger partial charge in [0.05, 0.1) is 24.8 Å². The number of aromatic nitrogens is 4. The predicted octanol–water partition coefficient (Wildman–Crippen LogP) is 2.97. The van der Waals surface area contributed by atoms with Crippen LogP contribution in [0.2, 0.25) is 0 Å². The number of hydrogen-bond donors (Lipinski definition) is 1. The normalized spacial score (nSPS) is 12.1. The Bertz CT molecular complexity index is 692. The van der Waals surface area contributed by atoms with Gasteiger partial charge in [-0.25, -0.2) is 19.3 Å². The lowest BCUT2D eigenvalue weighted by atomic mass is 10.1. The first kappa shape index (κ1) is 13.2. The van der Waals surface area contributed by atoms with Gasteiger partial charge in [0.15, 0.2) is 5.82 Å². The van der Waals surface area contributed by atoms with Crippen molar-refractivity contribution in [2.75, 3.05) is 5.32 Å². The van der Waals surface area contributed by atoms with Crippen LogP contribution in [0.4, 0.5) is 10.3 Å². The number of rotatable bonds is 4. The molecule has 3 aromatic rings. The maximum Gasteiger partial charge on any atom is 0.223 e. The number of imidazole rings is 1. The van der Waals surface area contributed by atoms with Crippen LogP contribution in [0.5, 0.6) is 0 Å². The molecule has 1 unspecified atom stereocenters. The summed E-state index contributed by atoms with van der Waals surface area (Å²) in [6.45, 7) is 2.00. The van der Waals surface area contributed by atoms with Crippen molar-refractivity contribution >= 4 is 5.95 Å². The van der Waals surface area contributed by atoms with E-state index in [1.807, 2.05) is 42.0 Å². The molecule has 0 saturated carbocycles. The first-order chi connectivity index (χ1) is 10.2. The second-order valence-corrected chi connectivity index (χ2v) is 4.65. The topological polar surface area (TPSA) is 55.6 Å². The summed E-state index contributed by atoms with van der Waals surface area (Å²) in [4.78, 5) is 11.8. The highest BCUT2D eigenvalue weighted by Crippen LogP contribution is 2.18. The quantitative estimate of drug-likeness (QED) is 0.799. The Balaban J connectivity index is 1.73. The van der Waals surface area contributed by atoms with Crippen LogP contribution in [0.1, 0.15) is 18.5 Å². The van der Waals surface area contributed by atoms with Crippen molar-refractivity contribution in [3.8, 4) is 5.69 Å². The van der Waals surface area contributed by atoms with E-state index in [-0.39, 0.29) is 6.04 Å². The van der Waals surface area contributed by atoms with E-state index in [2.05, 4.69) is 20.3 Å². The van der Waals surface area contributed by atoms with E-state index in [0.29, 0.717) is 5.95 Å². The molecule has 0 aliphatic rings. The van der Waals surface area contributed by atoms with Crippen LogP contribution in [0.3, 0.4) is 0 Å². The third-order valence-electron chi connectivity index (χ3n) is 3.16. The smallest absolute Gasteiger partial charge is 0.223 e. The fourth-order valence-corrected chi connectivity index (χ4v) is 2.01. The van der Waals surface area contributed by atoms with Crippen molar-refractivity contribution < 1.29 is 4.39 Å². The Hall–Kier alpha value is -2.76. The first-order valence-corrected chi connectivity index (χ1v) is 6.55. The summed E-state index contributed by atoms with van der Waals surface area (Å²) in [5.41, 5.74) is 2.13. The SMILES string of the molecule is CC(Nc1ncc(F)cn1)c1ccc(-n2ccnc2)cc1. The van der Waals surface area contributed by atoms with E-state index < -0.39 is 5.82 Å². The zero-order chi connectivity index (χ0) is 14.7. The third-order valence-corrected chi connectivity index (χ3v) is 3.16. The van der Waals surface area contributed by atoms with Crippen molar-refractivity contribution in [3.05, 3.63) is 66.8 Å². The van der Waals surface area contributed by atoms with Crippen LogP contribution in [0, 0.1) is 5.82 Å². The maximum atomic E-state index is 12.8. The summed E-state index contributed by atoms with van der Waals surface area (Å²) >= 11 is 0. The van der Waals surface area contributed by atoms with Crippen molar-refractivity contribution in [2.45, 2.75) is 13.0 Å². The number of halogens is 1. The van der Waals surface area contributed by atoms with Gasteiger partial charge in [0, 0.05) is 18.1 Å². The molecule has 6 heteroatoms. The monoisotopic (exact) mass is 283 g/mol. The van der Waals surface area contributed by atoms with Gasteiger partial charge in [0.25, 0.3) is 0 Å². The molecular formula is C15H14FN5. The molecule has 3 rings (SSSR count). The molecule has 0 amide bonds. The minimum absolute atomic E-state index is 0.0206. The highest BCUT2D eigenvalue weighted by atomic mass is 19.1. The van der Waals surface area contributed by atoms with Gasteiger partial charge in [-0.2, -0.15) is 0 Å². The lowest BCUT2D eigenvalue weighted by Crippen LogP contribution is -2.09. The molecule has 106 valence electrons. The van der Waals surface area contributed by atoms with Gasteiger partial charge in [0.2, 0.25) is 5.95 Å².